The zero-order valence-electron chi connectivity index (χ0n) is 10.3. The van der Waals surface area contributed by atoms with Gasteiger partial charge in [0.05, 0.1) is 30.9 Å². The van der Waals surface area contributed by atoms with E-state index >= 15 is 0 Å². The largest absolute Gasteiger partial charge is 0.493 e. The topological polar surface area (TPSA) is 77.2 Å². The SMILES string of the molecule is COc1cnn(-c2cc(C)nc(C)c2C(=O)O)c1. The van der Waals surface area contributed by atoms with Crippen LogP contribution < -0.4 is 4.74 Å². The lowest BCUT2D eigenvalue weighted by atomic mass is 10.1. The van der Waals surface area contributed by atoms with E-state index in [-0.39, 0.29) is 5.56 Å². The van der Waals surface area contributed by atoms with E-state index in [9.17, 15) is 9.90 Å². The molecule has 0 aliphatic rings. The molecule has 0 spiro atoms. The van der Waals surface area contributed by atoms with Crippen LogP contribution in [-0.4, -0.2) is 33.0 Å². The molecule has 6 nitrogen and oxygen atoms in total. The molecule has 0 fully saturated rings. The van der Waals surface area contributed by atoms with E-state index < -0.39 is 5.97 Å². The predicted molar refractivity (Wildman–Crippen MR) is 64.3 cm³/mol. The Bertz CT molecular complexity index is 605. The molecular formula is C12H13N3O3. The van der Waals surface area contributed by atoms with E-state index in [0.29, 0.717) is 17.1 Å². The molecule has 0 bridgehead atoms. The number of methoxy groups -OCH3 is 1. The van der Waals surface area contributed by atoms with Gasteiger partial charge in [-0.25, -0.2) is 9.48 Å². The third-order valence-corrected chi connectivity index (χ3v) is 2.56. The van der Waals surface area contributed by atoms with Gasteiger partial charge in [0.1, 0.15) is 5.56 Å². The Hall–Kier alpha value is -2.37. The van der Waals surface area contributed by atoms with Gasteiger partial charge in [-0.2, -0.15) is 5.10 Å². The molecule has 94 valence electrons. The van der Waals surface area contributed by atoms with Gasteiger partial charge in [0, 0.05) is 5.69 Å². The molecule has 0 atom stereocenters. The standard InChI is InChI=1S/C12H13N3O3/c1-7-4-10(11(12(16)17)8(2)14-7)15-6-9(18-3)5-13-15/h4-6H,1-3H3,(H,16,17). The Morgan fingerprint density at radius 3 is 2.72 bits per heavy atom. The Labute approximate surface area is 104 Å². The zero-order valence-corrected chi connectivity index (χ0v) is 10.3. The molecular weight excluding hydrogens is 234 g/mol. The van der Waals surface area contributed by atoms with Gasteiger partial charge in [-0.05, 0) is 19.9 Å². The number of aromatic carboxylic acids is 1. The van der Waals surface area contributed by atoms with E-state index in [2.05, 4.69) is 10.1 Å². The van der Waals surface area contributed by atoms with E-state index in [1.54, 1.807) is 19.2 Å². The molecule has 0 saturated carbocycles. The van der Waals surface area contributed by atoms with Crippen molar-refractivity contribution in [1.29, 1.82) is 0 Å². The third kappa shape index (κ3) is 2.04. The number of pyridine rings is 1. The van der Waals surface area contributed by atoms with Crippen LogP contribution in [0.1, 0.15) is 21.7 Å². The minimum atomic E-state index is -1.02. The summed E-state index contributed by atoms with van der Waals surface area (Å²) in [6, 6.07) is 1.68. The van der Waals surface area contributed by atoms with Crippen molar-refractivity contribution in [2.24, 2.45) is 0 Å². The number of ether oxygens (including phenoxy) is 1. The first-order valence-corrected chi connectivity index (χ1v) is 5.33. The Morgan fingerprint density at radius 1 is 1.44 bits per heavy atom. The summed E-state index contributed by atoms with van der Waals surface area (Å²) in [4.78, 5) is 15.4. The van der Waals surface area contributed by atoms with Gasteiger partial charge in [0.2, 0.25) is 0 Å². The van der Waals surface area contributed by atoms with Crippen molar-refractivity contribution in [2.75, 3.05) is 7.11 Å². The first-order chi connectivity index (χ1) is 8.52. The average molecular weight is 247 g/mol. The second-order valence-electron chi connectivity index (χ2n) is 3.87. The lowest BCUT2D eigenvalue weighted by Crippen LogP contribution is -2.10. The summed E-state index contributed by atoms with van der Waals surface area (Å²) in [5.41, 5.74) is 1.83. The van der Waals surface area contributed by atoms with Gasteiger partial charge in [0.15, 0.2) is 5.75 Å². The summed E-state index contributed by atoms with van der Waals surface area (Å²) in [7, 11) is 1.53. The molecule has 2 aromatic heterocycles. The summed E-state index contributed by atoms with van der Waals surface area (Å²) in [5, 5.41) is 13.3. The molecule has 1 N–H and O–H groups in total. The van der Waals surface area contributed by atoms with E-state index in [0.717, 1.165) is 5.69 Å². The number of hydrogen-bond donors (Lipinski definition) is 1. The highest BCUT2D eigenvalue weighted by atomic mass is 16.5. The second kappa shape index (κ2) is 4.48. The minimum absolute atomic E-state index is 0.145. The highest BCUT2D eigenvalue weighted by molar-refractivity contribution is 5.93. The molecule has 0 saturated heterocycles. The van der Waals surface area contributed by atoms with Crippen molar-refractivity contribution in [3.8, 4) is 11.4 Å². The van der Waals surface area contributed by atoms with Gasteiger partial charge < -0.3 is 9.84 Å². The number of aryl methyl sites for hydroxylation is 2. The normalized spacial score (nSPS) is 10.4. The van der Waals surface area contributed by atoms with Crippen LogP contribution in [-0.2, 0) is 0 Å². The van der Waals surface area contributed by atoms with Gasteiger partial charge in [-0.3, -0.25) is 4.98 Å². The number of aromatic nitrogens is 3. The predicted octanol–water partition coefficient (Wildman–Crippen LogP) is 1.59. The van der Waals surface area contributed by atoms with E-state index in [1.807, 2.05) is 6.92 Å². The van der Waals surface area contributed by atoms with Crippen molar-refractivity contribution in [3.05, 3.63) is 35.4 Å². The molecule has 0 radical (unpaired) electrons. The highest BCUT2D eigenvalue weighted by Crippen LogP contribution is 2.20. The Morgan fingerprint density at radius 2 is 2.17 bits per heavy atom. The van der Waals surface area contributed by atoms with Crippen LogP contribution in [0.5, 0.6) is 5.75 Å². The van der Waals surface area contributed by atoms with Gasteiger partial charge in [-0.1, -0.05) is 0 Å². The molecule has 6 heteroatoms. The lowest BCUT2D eigenvalue weighted by Gasteiger charge is -2.09. The summed E-state index contributed by atoms with van der Waals surface area (Å²) < 4.78 is 6.51. The molecule has 2 heterocycles. The molecule has 0 aliphatic carbocycles. The molecule has 0 amide bonds. The van der Waals surface area contributed by atoms with Gasteiger partial charge >= 0.3 is 5.97 Å². The van der Waals surface area contributed by atoms with Crippen LogP contribution in [0.15, 0.2) is 18.5 Å². The van der Waals surface area contributed by atoms with E-state index in [4.69, 9.17) is 4.74 Å². The molecule has 0 aliphatic heterocycles. The van der Waals surface area contributed by atoms with Crippen molar-refractivity contribution >= 4 is 5.97 Å². The van der Waals surface area contributed by atoms with Crippen LogP contribution >= 0.6 is 0 Å². The number of nitrogens with zero attached hydrogens (tertiary/aromatic N) is 3. The maximum absolute atomic E-state index is 11.3. The van der Waals surface area contributed by atoms with Crippen molar-refractivity contribution < 1.29 is 14.6 Å². The monoisotopic (exact) mass is 247 g/mol. The van der Waals surface area contributed by atoms with Crippen molar-refractivity contribution in [2.45, 2.75) is 13.8 Å². The molecule has 2 aromatic rings. The Kier molecular flexibility index (Phi) is 3.01. The van der Waals surface area contributed by atoms with Crippen LogP contribution in [0.4, 0.5) is 0 Å². The number of carboxylic acid groups (broad SMARTS) is 1. The van der Waals surface area contributed by atoms with Gasteiger partial charge in [0.25, 0.3) is 0 Å². The fourth-order valence-corrected chi connectivity index (χ4v) is 1.80. The zero-order chi connectivity index (χ0) is 13.3. The van der Waals surface area contributed by atoms with Crippen LogP contribution in [0.2, 0.25) is 0 Å². The maximum Gasteiger partial charge on any atom is 0.339 e. The molecule has 0 aromatic carbocycles. The van der Waals surface area contributed by atoms with Gasteiger partial charge in [-0.15, -0.1) is 0 Å². The summed E-state index contributed by atoms with van der Waals surface area (Å²) >= 11 is 0. The van der Waals surface area contributed by atoms with Crippen molar-refractivity contribution in [1.82, 2.24) is 14.8 Å². The Balaban J connectivity index is 2.65. The third-order valence-electron chi connectivity index (χ3n) is 2.56. The number of carboxylic acids is 1. The maximum atomic E-state index is 11.3. The molecule has 2 rings (SSSR count). The number of rotatable bonds is 3. The first-order valence-electron chi connectivity index (χ1n) is 5.33. The molecule has 18 heavy (non-hydrogen) atoms. The van der Waals surface area contributed by atoms with Crippen LogP contribution in [0.3, 0.4) is 0 Å². The summed E-state index contributed by atoms with van der Waals surface area (Å²) in [6.45, 7) is 3.48. The smallest absolute Gasteiger partial charge is 0.339 e. The van der Waals surface area contributed by atoms with Crippen LogP contribution in [0, 0.1) is 13.8 Å². The fraction of sp³-hybridized carbons (Fsp3) is 0.250. The summed E-state index contributed by atoms with van der Waals surface area (Å²) in [5.74, 6) is -0.456. The minimum Gasteiger partial charge on any atom is -0.493 e. The second-order valence-corrected chi connectivity index (χ2v) is 3.87. The summed E-state index contributed by atoms with van der Waals surface area (Å²) in [6.07, 6.45) is 3.15. The average Bonchev–Trinajstić information content (AvgIpc) is 2.75. The lowest BCUT2D eigenvalue weighted by molar-refractivity contribution is 0.0695. The van der Waals surface area contributed by atoms with Crippen LogP contribution in [0.25, 0.3) is 5.69 Å². The fourth-order valence-electron chi connectivity index (χ4n) is 1.80. The number of carbonyl (C=O) groups is 1. The van der Waals surface area contributed by atoms with E-state index in [1.165, 1.54) is 18.0 Å². The number of hydrogen-bond acceptors (Lipinski definition) is 4. The highest BCUT2D eigenvalue weighted by Gasteiger charge is 2.17. The quantitative estimate of drug-likeness (QED) is 0.891. The van der Waals surface area contributed by atoms with Crippen molar-refractivity contribution in [3.63, 3.8) is 0 Å². The molecule has 0 unspecified atom stereocenters. The first kappa shape index (κ1) is 12.1.